The van der Waals surface area contributed by atoms with Crippen molar-refractivity contribution in [1.82, 2.24) is 0 Å². The Morgan fingerprint density at radius 1 is 1.04 bits per heavy atom. The number of nitroso groups, excluding NO2 is 1. The van der Waals surface area contributed by atoms with Crippen molar-refractivity contribution in [3.63, 3.8) is 0 Å². The summed E-state index contributed by atoms with van der Waals surface area (Å²) in [4.78, 5) is 38.8. The number of nitrogens with zero attached hydrogens (tertiary/aromatic N) is 1. The number of furan rings is 1. The number of anilines is 2. The molecule has 8 nitrogen and oxygen atoms in total. The smallest absolute Gasteiger partial charge is 0.375 e. The maximum absolute atomic E-state index is 12.7. The van der Waals surface area contributed by atoms with Crippen molar-refractivity contribution in [2.24, 2.45) is 5.18 Å². The second-order valence-corrected chi connectivity index (χ2v) is 7.44. The van der Waals surface area contributed by atoms with Crippen LogP contribution in [-0.2, 0) is 0 Å². The van der Waals surface area contributed by atoms with Crippen molar-refractivity contribution in [2.75, 3.05) is 10.6 Å². The van der Waals surface area contributed by atoms with E-state index >= 15 is 0 Å². The van der Waals surface area contributed by atoms with Crippen molar-refractivity contribution in [3.8, 4) is 0 Å². The van der Waals surface area contributed by atoms with Crippen LogP contribution in [0.1, 0.15) is 42.6 Å². The van der Waals surface area contributed by atoms with Crippen molar-refractivity contribution < 1.29 is 19.0 Å². The van der Waals surface area contributed by atoms with Gasteiger partial charge in [-0.3, -0.25) is 4.79 Å². The molecule has 0 aliphatic rings. The van der Waals surface area contributed by atoms with Gasteiger partial charge in [-0.25, -0.2) is 9.78 Å². The predicted molar refractivity (Wildman–Crippen MR) is 106 cm³/mol. The van der Waals surface area contributed by atoms with E-state index in [-0.39, 0.29) is 17.6 Å². The Balaban J connectivity index is 1.77. The molecule has 9 heteroatoms. The molecular formula is C19H19N4O4S+. The van der Waals surface area contributed by atoms with Gasteiger partial charge in [0.25, 0.3) is 11.8 Å². The third-order valence-electron chi connectivity index (χ3n) is 4.10. The number of rotatable bonds is 5. The molecule has 0 aliphatic heterocycles. The lowest BCUT2D eigenvalue weighted by Crippen LogP contribution is -2.18. The van der Waals surface area contributed by atoms with E-state index in [0.29, 0.717) is 15.7 Å². The highest BCUT2D eigenvalue weighted by Gasteiger charge is 2.24. The van der Waals surface area contributed by atoms with Crippen molar-refractivity contribution in [2.45, 2.75) is 27.7 Å². The second-order valence-electron chi connectivity index (χ2n) is 6.42. The standard InChI is InChI=1S/C19H18N4O4S/c1-9-7-10(2)15(11(3)8-9)21-18(25)16-12(4)20-19(28-16)22-17(24)13-5-6-14(23-26)27-13/h5-8H,1-4H3,(H,21,25)(H,20,22,24)/p+1. The minimum Gasteiger partial charge on any atom is -0.428 e. The average molecular weight is 399 g/mol. The molecule has 0 spiro atoms. The number of H-pyrrole nitrogens is 1. The fourth-order valence-electron chi connectivity index (χ4n) is 2.92. The summed E-state index contributed by atoms with van der Waals surface area (Å²) >= 11 is 1.11. The summed E-state index contributed by atoms with van der Waals surface area (Å²) in [5.41, 5.74) is 4.49. The number of hydrogen-bond donors (Lipinski definition) is 2. The number of aromatic amines is 1. The molecule has 0 fully saturated rings. The van der Waals surface area contributed by atoms with Gasteiger partial charge >= 0.3 is 11.0 Å². The summed E-state index contributed by atoms with van der Waals surface area (Å²) in [5.74, 6) is -1.05. The largest absolute Gasteiger partial charge is 0.428 e. The molecular weight excluding hydrogens is 380 g/mol. The molecule has 3 N–H and O–H groups in total. The molecule has 0 saturated heterocycles. The first-order valence-corrected chi connectivity index (χ1v) is 9.26. The number of aromatic nitrogens is 1. The summed E-state index contributed by atoms with van der Waals surface area (Å²) in [7, 11) is 0. The van der Waals surface area contributed by atoms with Gasteiger partial charge in [-0.05, 0) is 56.2 Å². The normalized spacial score (nSPS) is 10.6. The molecule has 3 aromatic rings. The fourth-order valence-corrected chi connectivity index (χ4v) is 3.82. The van der Waals surface area contributed by atoms with E-state index in [1.54, 1.807) is 6.92 Å². The Kier molecular flexibility index (Phi) is 5.36. The number of amides is 2. The molecule has 2 amide bonds. The fraction of sp³-hybridized carbons (Fsp3) is 0.211. The van der Waals surface area contributed by atoms with E-state index in [9.17, 15) is 14.5 Å². The lowest BCUT2D eigenvalue weighted by molar-refractivity contribution is -0.364. The molecule has 1 aromatic carbocycles. The van der Waals surface area contributed by atoms with Gasteiger partial charge in [0.15, 0.2) is 0 Å². The van der Waals surface area contributed by atoms with Crippen LogP contribution >= 0.6 is 11.3 Å². The van der Waals surface area contributed by atoms with Gasteiger partial charge < -0.3 is 9.73 Å². The molecule has 3 rings (SSSR count). The zero-order valence-electron chi connectivity index (χ0n) is 15.8. The first kappa shape index (κ1) is 19.4. The van der Waals surface area contributed by atoms with Crippen molar-refractivity contribution in [3.05, 3.63) is 62.2 Å². The molecule has 144 valence electrons. The third kappa shape index (κ3) is 3.99. The van der Waals surface area contributed by atoms with Gasteiger partial charge in [0, 0.05) is 16.9 Å². The lowest BCUT2D eigenvalue weighted by atomic mass is 10.1. The molecule has 2 aromatic heterocycles. The summed E-state index contributed by atoms with van der Waals surface area (Å²) in [5, 5.41) is 8.56. The number of nitrogens with one attached hydrogen (secondary N) is 3. The Hall–Kier alpha value is -3.33. The lowest BCUT2D eigenvalue weighted by Gasteiger charge is -2.12. The molecule has 0 aliphatic carbocycles. The van der Waals surface area contributed by atoms with Gasteiger partial charge in [-0.1, -0.05) is 17.7 Å². The molecule has 0 unspecified atom stereocenters. The van der Waals surface area contributed by atoms with Crippen LogP contribution in [0.15, 0.2) is 33.9 Å². The summed E-state index contributed by atoms with van der Waals surface area (Å²) in [6, 6.07) is 6.67. The van der Waals surface area contributed by atoms with Crippen LogP contribution in [-0.4, -0.2) is 11.8 Å². The van der Waals surface area contributed by atoms with E-state index in [1.165, 1.54) is 12.1 Å². The van der Waals surface area contributed by atoms with Gasteiger partial charge in [0.1, 0.15) is 10.6 Å². The highest BCUT2D eigenvalue weighted by atomic mass is 32.1. The van der Waals surface area contributed by atoms with E-state index in [2.05, 4.69) is 20.8 Å². The van der Waals surface area contributed by atoms with Gasteiger partial charge in [0.05, 0.1) is 0 Å². The molecule has 0 saturated carbocycles. The molecule has 2 heterocycles. The second kappa shape index (κ2) is 7.73. The Morgan fingerprint density at radius 2 is 1.71 bits per heavy atom. The molecule has 28 heavy (non-hydrogen) atoms. The summed E-state index contributed by atoms with van der Waals surface area (Å²) in [6.45, 7) is 7.64. The van der Waals surface area contributed by atoms with Crippen LogP contribution in [0.3, 0.4) is 0 Å². The molecule has 0 radical (unpaired) electrons. The summed E-state index contributed by atoms with van der Waals surface area (Å²) < 4.78 is 4.99. The van der Waals surface area contributed by atoms with Crippen LogP contribution < -0.4 is 15.6 Å². The van der Waals surface area contributed by atoms with Gasteiger partial charge in [-0.15, -0.1) is 4.91 Å². The number of aryl methyl sites for hydroxylation is 4. The Labute approximate surface area is 165 Å². The number of thiazole rings is 1. The molecule has 0 atom stereocenters. The quantitative estimate of drug-likeness (QED) is 0.623. The average Bonchev–Trinajstić information content (AvgIpc) is 3.24. The van der Waals surface area contributed by atoms with Gasteiger partial charge in [0.2, 0.25) is 5.76 Å². The number of carbonyl (C=O) groups is 2. The number of hydrogen-bond acceptors (Lipinski definition) is 6. The highest BCUT2D eigenvalue weighted by Crippen LogP contribution is 2.25. The first-order valence-electron chi connectivity index (χ1n) is 8.45. The zero-order chi connectivity index (χ0) is 20.4. The monoisotopic (exact) mass is 399 g/mol. The minimum atomic E-state index is -0.551. The third-order valence-corrected chi connectivity index (χ3v) is 5.20. The van der Waals surface area contributed by atoms with Crippen LogP contribution in [0.2, 0.25) is 0 Å². The topological polar surface area (TPSA) is 115 Å². The zero-order valence-corrected chi connectivity index (χ0v) is 16.6. The van der Waals surface area contributed by atoms with Crippen molar-refractivity contribution >= 4 is 39.9 Å². The Morgan fingerprint density at radius 3 is 2.32 bits per heavy atom. The first-order chi connectivity index (χ1) is 13.3. The van der Waals surface area contributed by atoms with E-state index in [1.807, 2.05) is 32.9 Å². The van der Waals surface area contributed by atoms with E-state index in [0.717, 1.165) is 33.7 Å². The highest BCUT2D eigenvalue weighted by molar-refractivity contribution is 7.17. The van der Waals surface area contributed by atoms with Crippen LogP contribution in [0.25, 0.3) is 0 Å². The van der Waals surface area contributed by atoms with Crippen LogP contribution in [0.5, 0.6) is 0 Å². The van der Waals surface area contributed by atoms with E-state index < -0.39 is 5.91 Å². The van der Waals surface area contributed by atoms with Crippen LogP contribution in [0, 0.1) is 32.6 Å². The maximum Gasteiger partial charge on any atom is 0.375 e. The number of benzene rings is 1. The van der Waals surface area contributed by atoms with Crippen molar-refractivity contribution in [1.29, 1.82) is 0 Å². The maximum atomic E-state index is 12.7. The minimum absolute atomic E-state index is 0.0500. The number of carbonyl (C=O) groups excluding carboxylic acids is 2. The Bertz CT molecular complexity index is 1060. The summed E-state index contributed by atoms with van der Waals surface area (Å²) in [6.07, 6.45) is 0. The SMILES string of the molecule is Cc1cc(C)c(NC(=O)c2sc(NC(=O)c3ccc(N=O)o3)[nH+]c2C)c(C)c1. The van der Waals surface area contributed by atoms with E-state index in [4.69, 9.17) is 4.42 Å². The molecule has 0 bridgehead atoms. The predicted octanol–water partition coefficient (Wildman–Crippen LogP) is 4.29. The van der Waals surface area contributed by atoms with Gasteiger partial charge in [-0.2, -0.15) is 5.32 Å². The van der Waals surface area contributed by atoms with Crippen LogP contribution in [0.4, 0.5) is 16.7 Å².